The first-order valence-electron chi connectivity index (χ1n) is 4.55. The van der Waals surface area contributed by atoms with Crippen LogP contribution in [0.25, 0.3) is 0 Å². The molecular weight excluding hydrogens is 186 g/mol. The molecular formula is C9H19NO4. The number of hydrogen-bond acceptors (Lipinski definition) is 4. The largest absolute Gasteiger partial charge is 0.479 e. The van der Waals surface area contributed by atoms with Crippen LogP contribution in [0.4, 0.5) is 0 Å². The Kier molecular flexibility index (Phi) is 5.68. The number of hydrogen-bond donors (Lipinski definition) is 2. The van der Waals surface area contributed by atoms with Crippen LogP contribution in [-0.2, 0) is 14.3 Å². The van der Waals surface area contributed by atoms with Crippen molar-refractivity contribution in [1.29, 1.82) is 0 Å². The Bertz CT molecular complexity index is 176. The van der Waals surface area contributed by atoms with Gasteiger partial charge in [-0.3, -0.25) is 0 Å². The van der Waals surface area contributed by atoms with Crippen LogP contribution in [0.3, 0.4) is 0 Å². The molecule has 0 aliphatic rings. The van der Waals surface area contributed by atoms with Gasteiger partial charge >= 0.3 is 5.97 Å². The number of aliphatic carboxylic acids is 1. The average molecular weight is 205 g/mol. The van der Waals surface area contributed by atoms with E-state index < -0.39 is 12.1 Å². The van der Waals surface area contributed by atoms with Crippen LogP contribution < -0.4 is 5.73 Å². The molecule has 84 valence electrons. The monoisotopic (exact) mass is 205 g/mol. The van der Waals surface area contributed by atoms with E-state index in [4.69, 9.17) is 20.3 Å². The summed E-state index contributed by atoms with van der Waals surface area (Å²) in [6, 6.07) is 0. The number of ether oxygens (including phenoxy) is 2. The van der Waals surface area contributed by atoms with Crippen molar-refractivity contribution in [3.8, 4) is 0 Å². The van der Waals surface area contributed by atoms with Crippen molar-refractivity contribution >= 4 is 5.97 Å². The summed E-state index contributed by atoms with van der Waals surface area (Å²) in [6.07, 6.45) is -0.932. The van der Waals surface area contributed by atoms with Crippen molar-refractivity contribution in [2.24, 2.45) is 5.73 Å². The normalized spacial score (nSPS) is 14.0. The third kappa shape index (κ3) is 6.82. The summed E-state index contributed by atoms with van der Waals surface area (Å²) in [7, 11) is 0. The summed E-state index contributed by atoms with van der Waals surface area (Å²) in [5.41, 5.74) is 4.96. The highest BCUT2D eigenvalue weighted by atomic mass is 16.5. The van der Waals surface area contributed by atoms with Crippen LogP contribution in [0.5, 0.6) is 0 Å². The van der Waals surface area contributed by atoms with Gasteiger partial charge in [0.15, 0.2) is 6.10 Å². The minimum absolute atomic E-state index is 0.0230. The van der Waals surface area contributed by atoms with Crippen LogP contribution in [0.15, 0.2) is 0 Å². The van der Waals surface area contributed by atoms with E-state index in [1.165, 1.54) is 0 Å². The summed E-state index contributed by atoms with van der Waals surface area (Å²) in [4.78, 5) is 10.5. The Morgan fingerprint density at radius 3 is 2.36 bits per heavy atom. The topological polar surface area (TPSA) is 81.8 Å². The van der Waals surface area contributed by atoms with Crippen LogP contribution in [0.1, 0.15) is 20.8 Å². The Morgan fingerprint density at radius 1 is 1.43 bits per heavy atom. The van der Waals surface area contributed by atoms with Crippen molar-refractivity contribution in [1.82, 2.24) is 0 Å². The third-order valence-corrected chi connectivity index (χ3v) is 1.43. The quantitative estimate of drug-likeness (QED) is 0.607. The summed E-state index contributed by atoms with van der Waals surface area (Å²) in [5, 5.41) is 8.59. The van der Waals surface area contributed by atoms with Crippen molar-refractivity contribution < 1.29 is 19.4 Å². The van der Waals surface area contributed by atoms with E-state index >= 15 is 0 Å². The minimum Gasteiger partial charge on any atom is -0.479 e. The van der Waals surface area contributed by atoms with Crippen molar-refractivity contribution in [3.63, 3.8) is 0 Å². The predicted molar refractivity (Wildman–Crippen MR) is 52.1 cm³/mol. The van der Waals surface area contributed by atoms with Gasteiger partial charge in [0.2, 0.25) is 0 Å². The fourth-order valence-corrected chi connectivity index (χ4v) is 0.778. The minimum atomic E-state index is -1.04. The van der Waals surface area contributed by atoms with Gasteiger partial charge in [-0.2, -0.15) is 0 Å². The van der Waals surface area contributed by atoms with Crippen molar-refractivity contribution in [2.45, 2.75) is 32.5 Å². The van der Waals surface area contributed by atoms with Crippen LogP contribution in [0.2, 0.25) is 0 Å². The first-order valence-corrected chi connectivity index (χ1v) is 4.55. The van der Waals surface area contributed by atoms with Gasteiger partial charge in [0.25, 0.3) is 0 Å². The molecule has 0 fully saturated rings. The van der Waals surface area contributed by atoms with Crippen LogP contribution in [-0.4, -0.2) is 42.5 Å². The molecule has 0 heterocycles. The highest BCUT2D eigenvalue weighted by Gasteiger charge is 2.16. The lowest BCUT2D eigenvalue weighted by atomic mass is 10.2. The fraction of sp³-hybridized carbons (Fsp3) is 0.889. The SMILES string of the molecule is CC(C)(C)OCCOC(CN)C(=O)O. The molecule has 0 spiro atoms. The molecule has 1 atom stereocenters. The van der Waals surface area contributed by atoms with Crippen molar-refractivity contribution in [3.05, 3.63) is 0 Å². The van der Waals surface area contributed by atoms with Crippen LogP contribution >= 0.6 is 0 Å². The molecule has 1 unspecified atom stereocenters. The van der Waals surface area contributed by atoms with E-state index in [-0.39, 0.29) is 18.8 Å². The maximum Gasteiger partial charge on any atom is 0.334 e. The molecule has 3 N–H and O–H groups in total. The average Bonchev–Trinajstić information content (AvgIpc) is 2.01. The molecule has 0 aromatic carbocycles. The zero-order valence-corrected chi connectivity index (χ0v) is 8.95. The molecule has 0 aromatic heterocycles. The van der Waals surface area contributed by atoms with Gasteiger partial charge in [-0.25, -0.2) is 4.79 Å². The molecule has 0 saturated heterocycles. The zero-order chi connectivity index (χ0) is 11.2. The first-order chi connectivity index (χ1) is 6.37. The molecule has 14 heavy (non-hydrogen) atoms. The third-order valence-electron chi connectivity index (χ3n) is 1.43. The lowest BCUT2D eigenvalue weighted by Crippen LogP contribution is -2.33. The predicted octanol–water partition coefficient (Wildman–Crippen LogP) is 0.230. The van der Waals surface area contributed by atoms with Gasteiger partial charge in [0.05, 0.1) is 18.8 Å². The van der Waals surface area contributed by atoms with E-state index in [9.17, 15) is 4.79 Å². The molecule has 5 heteroatoms. The van der Waals surface area contributed by atoms with Gasteiger partial charge in [0.1, 0.15) is 0 Å². The van der Waals surface area contributed by atoms with Gasteiger partial charge in [-0.05, 0) is 20.8 Å². The number of carboxylic acid groups (broad SMARTS) is 1. The lowest BCUT2D eigenvalue weighted by molar-refractivity contribution is -0.151. The number of carboxylic acids is 1. The fourth-order valence-electron chi connectivity index (χ4n) is 0.778. The molecule has 0 saturated carbocycles. The first kappa shape index (κ1) is 13.4. The zero-order valence-electron chi connectivity index (χ0n) is 8.95. The summed E-state index contributed by atoms with van der Waals surface area (Å²) in [5.74, 6) is -1.04. The molecule has 0 rings (SSSR count). The standard InChI is InChI=1S/C9H19NO4/c1-9(2,3)14-5-4-13-7(6-10)8(11)12/h7H,4-6,10H2,1-3H3,(H,11,12). The molecule has 0 aliphatic heterocycles. The van der Waals surface area contributed by atoms with Gasteiger partial charge in [-0.15, -0.1) is 0 Å². The molecule has 0 radical (unpaired) electrons. The maximum absolute atomic E-state index is 10.5. The highest BCUT2D eigenvalue weighted by Crippen LogP contribution is 2.05. The summed E-state index contributed by atoms with van der Waals surface area (Å²) in [6.45, 7) is 6.35. The Balaban J connectivity index is 3.58. The van der Waals surface area contributed by atoms with E-state index in [1.807, 2.05) is 20.8 Å². The molecule has 0 aliphatic carbocycles. The maximum atomic E-state index is 10.5. The van der Waals surface area contributed by atoms with Crippen molar-refractivity contribution in [2.75, 3.05) is 19.8 Å². The van der Waals surface area contributed by atoms with Gasteiger partial charge in [-0.1, -0.05) is 0 Å². The van der Waals surface area contributed by atoms with E-state index in [0.29, 0.717) is 6.61 Å². The Hall–Kier alpha value is -0.650. The summed E-state index contributed by atoms with van der Waals surface area (Å²) < 4.78 is 10.3. The summed E-state index contributed by atoms with van der Waals surface area (Å²) >= 11 is 0. The molecule has 5 nitrogen and oxygen atoms in total. The lowest BCUT2D eigenvalue weighted by Gasteiger charge is -2.20. The Labute approximate surface area is 84.2 Å². The Morgan fingerprint density at radius 2 is 2.00 bits per heavy atom. The number of carbonyl (C=O) groups is 1. The second-order valence-electron chi connectivity index (χ2n) is 3.89. The van der Waals surface area contributed by atoms with Gasteiger partial charge in [0, 0.05) is 6.54 Å². The molecule has 0 amide bonds. The second kappa shape index (κ2) is 5.95. The number of rotatable bonds is 6. The smallest absolute Gasteiger partial charge is 0.334 e. The van der Waals surface area contributed by atoms with Gasteiger partial charge < -0.3 is 20.3 Å². The molecule has 0 bridgehead atoms. The molecule has 0 aromatic rings. The second-order valence-corrected chi connectivity index (χ2v) is 3.89. The van der Waals surface area contributed by atoms with E-state index in [2.05, 4.69) is 0 Å². The highest BCUT2D eigenvalue weighted by molar-refractivity contribution is 5.72. The number of nitrogens with two attached hydrogens (primary N) is 1. The van der Waals surface area contributed by atoms with E-state index in [1.54, 1.807) is 0 Å². The van der Waals surface area contributed by atoms with Crippen LogP contribution in [0, 0.1) is 0 Å². The van der Waals surface area contributed by atoms with E-state index in [0.717, 1.165) is 0 Å².